The van der Waals surface area contributed by atoms with Crippen LogP contribution >= 0.6 is 0 Å². The number of amides is 1. The number of anilines is 1. The summed E-state index contributed by atoms with van der Waals surface area (Å²) in [5, 5.41) is 3.34. The van der Waals surface area contributed by atoms with Gasteiger partial charge in [-0.25, -0.2) is 9.97 Å². The number of nitrogens with zero attached hydrogens (tertiary/aromatic N) is 3. The van der Waals surface area contributed by atoms with Crippen LogP contribution in [0.5, 0.6) is 0 Å². The molecule has 1 aliphatic rings. The lowest BCUT2D eigenvalue weighted by atomic mass is 9.95. The number of fused-ring (bicyclic) bond motifs is 2. The first kappa shape index (κ1) is 17.4. The largest absolute Gasteiger partial charge is 0.324 e. The highest BCUT2D eigenvalue weighted by Gasteiger charge is 2.20. The fraction of sp³-hybridized carbons (Fsp3) is 0.333. The molecule has 2 aromatic heterocycles. The summed E-state index contributed by atoms with van der Waals surface area (Å²) in [5.41, 5.74) is 4.17. The van der Waals surface area contributed by atoms with Gasteiger partial charge in [0.2, 0.25) is 5.91 Å². The standard InChI is InChI=1S/C21H22N4O2/c1-13-6-5-8-16(10-13)23-20(26)14(2)25-12-22-19-17(21(25)27)11-15-7-3-4-9-18(15)24-19/h5-6,8,10-12,14H,3-4,7,9H2,1-2H3,(H,23,26)/t14-/m1/s1. The van der Waals surface area contributed by atoms with Crippen LogP contribution in [0.3, 0.4) is 0 Å². The van der Waals surface area contributed by atoms with Crippen LogP contribution in [0, 0.1) is 6.92 Å². The van der Waals surface area contributed by atoms with E-state index in [0.29, 0.717) is 16.7 Å². The predicted octanol–water partition coefficient (Wildman–Crippen LogP) is 3.18. The lowest BCUT2D eigenvalue weighted by Crippen LogP contribution is -2.32. The number of benzene rings is 1. The monoisotopic (exact) mass is 362 g/mol. The average Bonchev–Trinajstić information content (AvgIpc) is 2.66. The van der Waals surface area contributed by atoms with E-state index in [1.54, 1.807) is 6.92 Å². The van der Waals surface area contributed by atoms with E-state index in [2.05, 4.69) is 15.3 Å². The topological polar surface area (TPSA) is 76.9 Å². The van der Waals surface area contributed by atoms with E-state index in [1.165, 1.54) is 10.9 Å². The van der Waals surface area contributed by atoms with Crippen LogP contribution in [-0.2, 0) is 17.6 Å². The molecule has 0 saturated carbocycles. The van der Waals surface area contributed by atoms with E-state index >= 15 is 0 Å². The maximum absolute atomic E-state index is 13.0. The summed E-state index contributed by atoms with van der Waals surface area (Å²) < 4.78 is 1.38. The molecule has 1 aliphatic carbocycles. The van der Waals surface area contributed by atoms with E-state index in [9.17, 15) is 9.59 Å². The number of aromatic nitrogens is 3. The zero-order valence-electron chi connectivity index (χ0n) is 15.5. The molecule has 0 unspecified atom stereocenters. The molecule has 0 spiro atoms. The normalized spacial score (nSPS) is 14.6. The van der Waals surface area contributed by atoms with Crippen molar-refractivity contribution in [1.82, 2.24) is 14.5 Å². The van der Waals surface area contributed by atoms with Gasteiger partial charge >= 0.3 is 0 Å². The maximum atomic E-state index is 13.0. The average molecular weight is 362 g/mol. The third kappa shape index (κ3) is 3.35. The summed E-state index contributed by atoms with van der Waals surface area (Å²) >= 11 is 0. The van der Waals surface area contributed by atoms with Crippen molar-refractivity contribution in [2.45, 2.75) is 45.6 Å². The molecule has 0 aliphatic heterocycles. The summed E-state index contributed by atoms with van der Waals surface area (Å²) in [6.07, 6.45) is 5.54. The zero-order chi connectivity index (χ0) is 19.0. The van der Waals surface area contributed by atoms with E-state index in [4.69, 9.17) is 0 Å². The van der Waals surface area contributed by atoms with Crippen molar-refractivity contribution in [1.29, 1.82) is 0 Å². The molecule has 3 aromatic rings. The zero-order valence-corrected chi connectivity index (χ0v) is 15.5. The number of carbonyl (C=O) groups excluding carboxylic acids is 1. The molecular formula is C21H22N4O2. The van der Waals surface area contributed by atoms with Crippen LogP contribution in [0.4, 0.5) is 5.69 Å². The van der Waals surface area contributed by atoms with Gasteiger partial charge < -0.3 is 5.32 Å². The van der Waals surface area contributed by atoms with Gasteiger partial charge in [0.25, 0.3) is 5.56 Å². The minimum Gasteiger partial charge on any atom is -0.324 e. The summed E-state index contributed by atoms with van der Waals surface area (Å²) in [6, 6.07) is 8.80. The smallest absolute Gasteiger partial charge is 0.263 e. The summed E-state index contributed by atoms with van der Waals surface area (Å²) in [6.45, 7) is 3.66. The molecule has 6 nitrogen and oxygen atoms in total. The Kier molecular flexibility index (Phi) is 4.48. The first-order valence-corrected chi connectivity index (χ1v) is 9.30. The number of carbonyl (C=O) groups is 1. The van der Waals surface area contributed by atoms with Gasteiger partial charge in [0.15, 0.2) is 5.65 Å². The van der Waals surface area contributed by atoms with Gasteiger partial charge in [-0.2, -0.15) is 0 Å². The highest BCUT2D eigenvalue weighted by atomic mass is 16.2. The molecule has 138 valence electrons. The molecule has 0 bridgehead atoms. The molecule has 27 heavy (non-hydrogen) atoms. The van der Waals surface area contributed by atoms with Gasteiger partial charge in [0, 0.05) is 11.4 Å². The minimum absolute atomic E-state index is 0.229. The van der Waals surface area contributed by atoms with Crippen LogP contribution in [0.2, 0.25) is 0 Å². The van der Waals surface area contributed by atoms with Gasteiger partial charge in [-0.1, -0.05) is 12.1 Å². The highest BCUT2D eigenvalue weighted by molar-refractivity contribution is 5.93. The van der Waals surface area contributed by atoms with E-state index in [1.807, 2.05) is 37.3 Å². The Balaban J connectivity index is 1.67. The lowest BCUT2D eigenvalue weighted by molar-refractivity contribution is -0.118. The first-order valence-electron chi connectivity index (χ1n) is 9.30. The number of hydrogen-bond acceptors (Lipinski definition) is 4. The van der Waals surface area contributed by atoms with E-state index < -0.39 is 6.04 Å². The Morgan fingerprint density at radius 1 is 1.22 bits per heavy atom. The van der Waals surface area contributed by atoms with Crippen LogP contribution in [0.15, 0.2) is 41.5 Å². The fourth-order valence-corrected chi connectivity index (χ4v) is 3.56. The Labute approximate surface area is 157 Å². The van der Waals surface area contributed by atoms with Crippen LogP contribution < -0.4 is 10.9 Å². The van der Waals surface area contributed by atoms with E-state index in [0.717, 1.165) is 42.5 Å². The van der Waals surface area contributed by atoms with Crippen molar-refractivity contribution >= 4 is 22.6 Å². The Morgan fingerprint density at radius 2 is 2.04 bits per heavy atom. The van der Waals surface area contributed by atoms with Crippen molar-refractivity contribution in [2.75, 3.05) is 5.32 Å². The second-order valence-corrected chi connectivity index (χ2v) is 7.16. The molecule has 1 aromatic carbocycles. The molecular weight excluding hydrogens is 340 g/mol. The van der Waals surface area contributed by atoms with Crippen LogP contribution in [0.1, 0.15) is 42.6 Å². The minimum atomic E-state index is -0.675. The molecule has 1 N–H and O–H groups in total. The van der Waals surface area contributed by atoms with E-state index in [-0.39, 0.29) is 11.5 Å². The predicted molar refractivity (Wildman–Crippen MR) is 105 cm³/mol. The second-order valence-electron chi connectivity index (χ2n) is 7.16. The Bertz CT molecular complexity index is 1090. The third-order valence-corrected chi connectivity index (χ3v) is 5.13. The summed E-state index contributed by atoms with van der Waals surface area (Å²) in [4.78, 5) is 34.5. The Morgan fingerprint density at radius 3 is 2.85 bits per heavy atom. The lowest BCUT2D eigenvalue weighted by Gasteiger charge is -2.17. The molecule has 0 fully saturated rings. The molecule has 0 radical (unpaired) electrons. The quantitative estimate of drug-likeness (QED) is 0.776. The summed E-state index contributed by atoms with van der Waals surface area (Å²) in [7, 11) is 0. The van der Waals surface area contributed by atoms with Gasteiger partial charge in [0.1, 0.15) is 12.4 Å². The molecule has 0 saturated heterocycles. The van der Waals surface area contributed by atoms with Gasteiger partial charge in [0.05, 0.1) is 5.39 Å². The highest BCUT2D eigenvalue weighted by Crippen LogP contribution is 2.22. The van der Waals surface area contributed by atoms with Crippen molar-refractivity contribution in [3.05, 3.63) is 63.8 Å². The van der Waals surface area contributed by atoms with Gasteiger partial charge in [-0.3, -0.25) is 14.2 Å². The summed E-state index contributed by atoms with van der Waals surface area (Å²) in [5.74, 6) is -0.255. The maximum Gasteiger partial charge on any atom is 0.263 e. The SMILES string of the molecule is Cc1cccc(NC(=O)[C@@H](C)n2cnc3nc4c(cc3c2=O)CCCC4)c1. The third-order valence-electron chi connectivity index (χ3n) is 5.13. The number of rotatable bonds is 3. The molecule has 4 rings (SSSR count). The molecule has 2 heterocycles. The van der Waals surface area contributed by atoms with Crippen molar-refractivity contribution in [3.8, 4) is 0 Å². The number of hydrogen-bond donors (Lipinski definition) is 1. The number of nitrogens with one attached hydrogen (secondary N) is 1. The second kappa shape index (κ2) is 6.95. The van der Waals surface area contributed by atoms with Crippen molar-refractivity contribution in [2.24, 2.45) is 0 Å². The first-order chi connectivity index (χ1) is 13.0. The molecule has 1 atom stereocenters. The molecule has 1 amide bonds. The van der Waals surface area contributed by atoms with Crippen LogP contribution in [-0.4, -0.2) is 20.4 Å². The van der Waals surface area contributed by atoms with Crippen LogP contribution in [0.25, 0.3) is 11.0 Å². The van der Waals surface area contributed by atoms with Gasteiger partial charge in [-0.15, -0.1) is 0 Å². The fourth-order valence-electron chi connectivity index (χ4n) is 3.56. The van der Waals surface area contributed by atoms with Gasteiger partial charge in [-0.05, 0) is 68.9 Å². The van der Waals surface area contributed by atoms with Crippen molar-refractivity contribution in [3.63, 3.8) is 0 Å². The van der Waals surface area contributed by atoms with Crippen molar-refractivity contribution < 1.29 is 4.79 Å². The number of pyridine rings is 1. The molecule has 6 heteroatoms. The number of aryl methyl sites for hydroxylation is 3. The Hall–Kier alpha value is -3.02.